The Morgan fingerprint density at radius 1 is 1.00 bits per heavy atom. The lowest BCUT2D eigenvalue weighted by Gasteiger charge is -2.10. The van der Waals surface area contributed by atoms with Gasteiger partial charge in [-0.1, -0.05) is 41.5 Å². The van der Waals surface area contributed by atoms with Crippen molar-refractivity contribution in [3.8, 4) is 5.75 Å². The van der Waals surface area contributed by atoms with E-state index in [2.05, 4.69) is 10.0 Å². The Morgan fingerprint density at radius 3 is 2.13 bits per heavy atom. The van der Waals surface area contributed by atoms with Gasteiger partial charge in [-0.15, -0.1) is 0 Å². The molecule has 120 valence electrons. The molecule has 6 heteroatoms. The molecule has 0 saturated carbocycles. The zero-order valence-corrected chi connectivity index (χ0v) is 12.7. The quantitative estimate of drug-likeness (QED) is 0.445. The first-order valence-electron chi connectivity index (χ1n) is 7.30. The maximum atomic E-state index is 9.53. The summed E-state index contributed by atoms with van der Waals surface area (Å²) in [7, 11) is 0. The van der Waals surface area contributed by atoms with Gasteiger partial charge in [-0.3, -0.25) is 0 Å². The number of hydrogen-bond donors (Lipinski definition) is 2. The Kier molecular flexibility index (Phi) is 6.44. The van der Waals surface area contributed by atoms with Crippen LogP contribution in [-0.2, 0) is 13.0 Å². The number of nitrogens with zero attached hydrogens (tertiary/aromatic N) is 3. The van der Waals surface area contributed by atoms with E-state index in [1.165, 1.54) is 5.56 Å². The van der Waals surface area contributed by atoms with E-state index in [9.17, 15) is 5.11 Å². The van der Waals surface area contributed by atoms with Crippen molar-refractivity contribution in [2.45, 2.75) is 19.1 Å². The van der Waals surface area contributed by atoms with Crippen LogP contribution in [0.1, 0.15) is 16.7 Å². The molecule has 0 fully saturated rings. The Labute approximate surface area is 134 Å². The van der Waals surface area contributed by atoms with Crippen LogP contribution in [0.4, 0.5) is 0 Å². The monoisotopic (exact) mass is 313 g/mol. The van der Waals surface area contributed by atoms with E-state index < -0.39 is 6.10 Å². The average molecular weight is 313 g/mol. The van der Waals surface area contributed by atoms with Gasteiger partial charge in [-0.05, 0) is 40.8 Å². The summed E-state index contributed by atoms with van der Waals surface area (Å²) in [6.45, 7) is 0.136. The van der Waals surface area contributed by atoms with E-state index in [1.807, 2.05) is 48.5 Å². The topological polar surface area (TPSA) is 98.5 Å². The van der Waals surface area contributed by atoms with Crippen molar-refractivity contribution in [1.82, 2.24) is 0 Å². The molecule has 6 nitrogen and oxygen atoms in total. The van der Waals surface area contributed by atoms with E-state index in [1.54, 1.807) is 0 Å². The van der Waals surface area contributed by atoms with Gasteiger partial charge in [0.05, 0.1) is 19.3 Å². The standard InChI is InChI=1S/C17H19N3O3/c18-20-19-10-16(22)12-23-17-7-5-14(6-8-17)9-13-1-3-15(11-21)4-2-13/h1-8,16,21-22H,9-12H2. The highest BCUT2D eigenvalue weighted by Crippen LogP contribution is 2.16. The van der Waals surface area contributed by atoms with Crippen LogP contribution >= 0.6 is 0 Å². The van der Waals surface area contributed by atoms with Gasteiger partial charge >= 0.3 is 0 Å². The second-order valence-electron chi connectivity index (χ2n) is 5.17. The molecule has 1 unspecified atom stereocenters. The minimum atomic E-state index is -0.810. The van der Waals surface area contributed by atoms with E-state index in [-0.39, 0.29) is 19.8 Å². The molecule has 2 rings (SSSR count). The van der Waals surface area contributed by atoms with E-state index in [4.69, 9.17) is 15.4 Å². The van der Waals surface area contributed by atoms with Gasteiger partial charge in [0.2, 0.25) is 0 Å². The van der Waals surface area contributed by atoms with Gasteiger partial charge in [-0.2, -0.15) is 0 Å². The Hall–Kier alpha value is -2.53. The average Bonchev–Trinajstić information content (AvgIpc) is 2.60. The molecule has 2 aromatic rings. The fourth-order valence-electron chi connectivity index (χ4n) is 2.08. The van der Waals surface area contributed by atoms with E-state index in [0.29, 0.717) is 5.75 Å². The van der Waals surface area contributed by atoms with E-state index >= 15 is 0 Å². The van der Waals surface area contributed by atoms with Crippen molar-refractivity contribution in [3.05, 3.63) is 75.7 Å². The van der Waals surface area contributed by atoms with Crippen molar-refractivity contribution >= 4 is 0 Å². The molecule has 0 spiro atoms. The largest absolute Gasteiger partial charge is 0.491 e. The predicted molar refractivity (Wildman–Crippen MR) is 87.1 cm³/mol. The summed E-state index contributed by atoms with van der Waals surface area (Å²) in [6.07, 6.45) is -0.0125. The van der Waals surface area contributed by atoms with Gasteiger partial charge in [0, 0.05) is 4.91 Å². The third kappa shape index (κ3) is 5.64. The lowest BCUT2D eigenvalue weighted by atomic mass is 10.0. The number of benzene rings is 2. The summed E-state index contributed by atoms with van der Waals surface area (Å²) in [5.74, 6) is 0.657. The smallest absolute Gasteiger partial charge is 0.119 e. The second kappa shape index (κ2) is 8.80. The fourth-order valence-corrected chi connectivity index (χ4v) is 2.08. The van der Waals surface area contributed by atoms with Crippen molar-refractivity contribution in [2.24, 2.45) is 5.11 Å². The van der Waals surface area contributed by atoms with Gasteiger partial charge in [0.25, 0.3) is 0 Å². The first-order chi connectivity index (χ1) is 11.2. The Bertz CT molecular complexity index is 650. The molecule has 0 bridgehead atoms. The van der Waals surface area contributed by atoms with Gasteiger partial charge in [0.15, 0.2) is 0 Å². The third-order valence-electron chi connectivity index (χ3n) is 3.34. The number of ether oxygens (including phenoxy) is 1. The molecule has 0 aromatic heterocycles. The molecule has 1 atom stereocenters. The van der Waals surface area contributed by atoms with Crippen LogP contribution in [-0.4, -0.2) is 29.5 Å². The Balaban J connectivity index is 1.87. The minimum absolute atomic E-state index is 0.00157. The van der Waals surface area contributed by atoms with Crippen LogP contribution in [0.2, 0.25) is 0 Å². The molecule has 0 aliphatic carbocycles. The van der Waals surface area contributed by atoms with Crippen LogP contribution in [0.25, 0.3) is 10.4 Å². The van der Waals surface area contributed by atoms with Crippen LogP contribution < -0.4 is 4.74 Å². The second-order valence-corrected chi connectivity index (χ2v) is 5.17. The van der Waals surface area contributed by atoms with Crippen LogP contribution in [0, 0.1) is 0 Å². The van der Waals surface area contributed by atoms with E-state index in [0.717, 1.165) is 17.5 Å². The molecule has 0 saturated heterocycles. The molecule has 2 aromatic carbocycles. The summed E-state index contributed by atoms with van der Waals surface area (Å²) < 4.78 is 5.44. The summed E-state index contributed by atoms with van der Waals surface area (Å²) in [6, 6.07) is 15.5. The summed E-state index contributed by atoms with van der Waals surface area (Å²) >= 11 is 0. The maximum absolute atomic E-state index is 9.53. The SMILES string of the molecule is [N-]=[N+]=NCC(O)COc1ccc(Cc2ccc(CO)cc2)cc1. The first kappa shape index (κ1) is 16.8. The molecular formula is C17H19N3O3. The molecular weight excluding hydrogens is 294 g/mol. The molecule has 23 heavy (non-hydrogen) atoms. The molecule has 2 N–H and O–H groups in total. The maximum Gasteiger partial charge on any atom is 0.119 e. The zero-order chi connectivity index (χ0) is 16.5. The molecule has 0 amide bonds. The number of azide groups is 1. The van der Waals surface area contributed by atoms with Crippen molar-refractivity contribution in [1.29, 1.82) is 0 Å². The van der Waals surface area contributed by atoms with Crippen molar-refractivity contribution < 1.29 is 14.9 Å². The minimum Gasteiger partial charge on any atom is -0.491 e. The van der Waals surface area contributed by atoms with Crippen LogP contribution in [0.3, 0.4) is 0 Å². The highest BCUT2D eigenvalue weighted by molar-refractivity contribution is 5.32. The summed E-state index contributed by atoms with van der Waals surface area (Å²) in [4.78, 5) is 2.59. The lowest BCUT2D eigenvalue weighted by molar-refractivity contribution is 0.114. The third-order valence-corrected chi connectivity index (χ3v) is 3.34. The Morgan fingerprint density at radius 2 is 1.57 bits per heavy atom. The van der Waals surface area contributed by atoms with Crippen molar-refractivity contribution in [2.75, 3.05) is 13.2 Å². The molecule has 0 aliphatic heterocycles. The lowest BCUT2D eigenvalue weighted by Crippen LogP contribution is -2.20. The summed E-state index contributed by atoms with van der Waals surface area (Å²) in [5.41, 5.74) is 11.4. The molecule has 0 radical (unpaired) electrons. The molecule has 0 aliphatic rings. The van der Waals surface area contributed by atoms with Gasteiger partial charge in [0.1, 0.15) is 12.4 Å². The number of rotatable bonds is 8. The van der Waals surface area contributed by atoms with Gasteiger partial charge in [-0.25, -0.2) is 0 Å². The number of hydrogen-bond acceptors (Lipinski definition) is 4. The zero-order valence-electron chi connectivity index (χ0n) is 12.7. The highest BCUT2D eigenvalue weighted by atomic mass is 16.5. The summed E-state index contributed by atoms with van der Waals surface area (Å²) in [5, 5.41) is 21.8. The number of aliphatic hydroxyl groups is 2. The van der Waals surface area contributed by atoms with Crippen molar-refractivity contribution in [3.63, 3.8) is 0 Å². The number of aliphatic hydroxyl groups excluding tert-OH is 2. The first-order valence-corrected chi connectivity index (χ1v) is 7.30. The van der Waals surface area contributed by atoms with Gasteiger partial charge < -0.3 is 14.9 Å². The molecule has 0 heterocycles. The normalized spacial score (nSPS) is 11.6. The van der Waals surface area contributed by atoms with Crippen LogP contribution in [0.5, 0.6) is 5.75 Å². The highest BCUT2D eigenvalue weighted by Gasteiger charge is 2.04. The van der Waals surface area contributed by atoms with Crippen LogP contribution in [0.15, 0.2) is 53.6 Å². The predicted octanol–water partition coefficient (Wildman–Crippen LogP) is 2.82. The fraction of sp³-hybridized carbons (Fsp3) is 0.294.